The Bertz CT molecular complexity index is 881. The van der Waals surface area contributed by atoms with Crippen LogP contribution in [-0.2, 0) is 76.4 Å². The molecule has 0 aliphatic rings. The van der Waals surface area contributed by atoms with E-state index in [2.05, 4.69) is 84.2 Å². The number of carbonyl (C=O) groups excluding carboxylic acids is 4. The lowest BCUT2D eigenvalue weighted by molar-refractivity contribution is -0.120. The summed E-state index contributed by atoms with van der Waals surface area (Å²) < 4.78 is 38.5. The molecule has 496 valence electrons. The number of amides is 4. The van der Waals surface area contributed by atoms with Gasteiger partial charge in [-0.2, -0.15) is 11.0 Å². The van der Waals surface area contributed by atoms with Crippen LogP contribution in [0, 0.1) is 0 Å². The number of hydrogen-bond acceptors (Lipinski definition) is 36. The fraction of sp³-hybridized carbons (Fsp3) is 0.900. The second kappa shape index (κ2) is 131. The highest BCUT2D eigenvalue weighted by Gasteiger charge is 1.93. The average Bonchev–Trinajstić information content (AvgIpc) is 3.46. The van der Waals surface area contributed by atoms with E-state index >= 15 is 0 Å². The van der Waals surface area contributed by atoms with E-state index in [1.807, 2.05) is 0 Å². The van der Waals surface area contributed by atoms with Crippen molar-refractivity contribution in [3.63, 3.8) is 0 Å². The summed E-state index contributed by atoms with van der Waals surface area (Å²) in [6.45, 7) is 11.0. The Morgan fingerprint density at radius 2 is 0.562 bits per heavy atom. The van der Waals surface area contributed by atoms with Crippen LogP contribution in [0.3, 0.4) is 0 Å². The van der Waals surface area contributed by atoms with Crippen LogP contribution in [0.5, 0.6) is 0 Å². The van der Waals surface area contributed by atoms with Crippen LogP contribution in [-0.4, -0.2) is 240 Å². The van der Waals surface area contributed by atoms with Crippen LogP contribution in [0.2, 0.25) is 0 Å². The number of carbonyl (C=O) groups is 4. The zero-order valence-corrected chi connectivity index (χ0v) is 49.6. The van der Waals surface area contributed by atoms with Crippen LogP contribution in [0.4, 0.5) is 0 Å². The smallest absolute Gasteiger partial charge is 0.219 e. The first-order valence-corrected chi connectivity index (χ1v) is 24.2. The third-order valence-electron chi connectivity index (χ3n) is 5.73. The molecule has 0 fully saturated rings. The van der Waals surface area contributed by atoms with Crippen LogP contribution < -0.4 is 135 Å². The van der Waals surface area contributed by atoms with Gasteiger partial charge < -0.3 is 143 Å². The molecule has 0 aromatic carbocycles. The molecule has 0 rings (SSSR count). The van der Waals surface area contributed by atoms with Crippen molar-refractivity contribution in [2.45, 2.75) is 25.7 Å². The molecule has 0 saturated carbocycles. The first-order chi connectivity index (χ1) is 38.6. The molecular weight excluding hydrogens is 1070 g/mol. The normalized spacial score (nSPS) is 9.05. The Morgan fingerprint density at radius 1 is 0.325 bits per heavy atom. The van der Waals surface area contributed by atoms with Crippen LogP contribution in [0.1, 0.15) is 25.7 Å². The topological polar surface area (TPSA) is 692 Å². The van der Waals surface area contributed by atoms with Crippen molar-refractivity contribution in [1.82, 2.24) is 42.9 Å². The molecule has 0 saturated heterocycles. The van der Waals surface area contributed by atoms with E-state index in [4.69, 9.17) is 108 Å². The number of hydroxylamine groups is 2. The Morgan fingerprint density at radius 3 is 0.762 bits per heavy atom. The minimum atomic E-state index is -0.398. The van der Waals surface area contributed by atoms with Gasteiger partial charge in [-0.25, -0.2) is 11.8 Å². The van der Waals surface area contributed by atoms with Gasteiger partial charge in [-0.05, 0) is 28.2 Å². The van der Waals surface area contributed by atoms with Gasteiger partial charge in [0.15, 0.2) is 0 Å². The molecule has 0 unspecified atom stereocenters. The summed E-state index contributed by atoms with van der Waals surface area (Å²) in [5.41, 5.74) is 73.3. The van der Waals surface area contributed by atoms with Gasteiger partial charge in [-0.1, -0.05) is 0 Å². The third kappa shape index (κ3) is 223. The Hall–Kier alpha value is -3.40. The van der Waals surface area contributed by atoms with Gasteiger partial charge in [0.05, 0.1) is 132 Å². The first kappa shape index (κ1) is 105. The molecule has 0 radical (unpaired) electrons. The molecule has 40 N–H and O–H groups in total. The lowest BCUT2D eigenvalue weighted by Crippen LogP contribution is -2.27. The largest absolute Gasteiger partial charge is 0.384 e. The van der Waals surface area contributed by atoms with Gasteiger partial charge in [-0.3, -0.25) is 45.3 Å². The molecular formula is C40H120N24O16. The van der Waals surface area contributed by atoms with Gasteiger partial charge in [-0.15, -0.1) is 0 Å². The van der Waals surface area contributed by atoms with E-state index in [0.29, 0.717) is 153 Å². The summed E-state index contributed by atoms with van der Waals surface area (Å²) in [4.78, 5) is 57.4. The van der Waals surface area contributed by atoms with Gasteiger partial charge in [0.2, 0.25) is 23.6 Å². The number of ether oxygens (including phenoxy) is 8. The van der Waals surface area contributed by atoms with Crippen LogP contribution >= 0.6 is 0 Å². The van der Waals surface area contributed by atoms with Crippen molar-refractivity contribution in [3.8, 4) is 0 Å². The average molecular weight is 1190 g/mol. The number of nitrogens with two attached hydrogens (primary N) is 16. The molecule has 4 amide bonds. The number of hydrogen-bond donors (Lipinski definition) is 24. The maximum Gasteiger partial charge on any atom is 0.219 e. The monoisotopic (exact) mass is 1190 g/mol. The highest BCUT2D eigenvalue weighted by molar-refractivity contribution is 5.74. The number of rotatable bonds is 42. The van der Waals surface area contributed by atoms with E-state index in [9.17, 15) is 19.2 Å². The molecule has 0 aliphatic heterocycles. The minimum Gasteiger partial charge on any atom is -0.384 e. The maximum absolute atomic E-state index is 10.0. The molecule has 40 heteroatoms. The number of primary amides is 4. The first-order valence-electron chi connectivity index (χ1n) is 24.2. The molecule has 0 atom stereocenters. The van der Waals surface area contributed by atoms with Crippen molar-refractivity contribution in [2.24, 2.45) is 92.1 Å². The summed E-state index contributed by atoms with van der Waals surface area (Å²) in [6, 6.07) is 0. The van der Waals surface area contributed by atoms with E-state index in [0.717, 1.165) is 0 Å². The number of nitrogens with one attached hydrogen (secondary N) is 8. The summed E-state index contributed by atoms with van der Waals surface area (Å²) in [5, 5.41) is 16.6. The SMILES string of the molecule is CN.CN.CNCN.CNCN.COCCC(N)=O.COCCC(N)=O.COCCOCNCN.COCCOCNCN.NCNCOCCON.NCNCOCCONCN.NCNOCCC(N)=O.NOCCC(N)=O. The molecule has 40 nitrogen and oxygen atoms in total. The fourth-order valence-electron chi connectivity index (χ4n) is 2.28. The molecule has 0 aromatic heterocycles. The predicted molar refractivity (Wildman–Crippen MR) is 308 cm³/mol. The van der Waals surface area contributed by atoms with E-state index in [1.54, 1.807) is 28.3 Å². The Kier molecular flexibility index (Phi) is 172. The van der Waals surface area contributed by atoms with Gasteiger partial charge in [0.1, 0.15) is 0 Å². The molecule has 80 heavy (non-hydrogen) atoms. The van der Waals surface area contributed by atoms with Crippen molar-refractivity contribution >= 4 is 23.6 Å². The second-order valence-corrected chi connectivity index (χ2v) is 12.1. The highest BCUT2D eigenvalue weighted by atomic mass is 16.7. The Balaban J connectivity index is -0.0000000644. The zero-order chi connectivity index (χ0) is 64.3. The lowest BCUT2D eigenvalue weighted by Gasteiger charge is -2.04. The zero-order valence-electron chi connectivity index (χ0n) is 49.6. The second-order valence-electron chi connectivity index (χ2n) is 12.1. The summed E-state index contributed by atoms with van der Waals surface area (Å²) in [7, 11) is 12.9. The minimum absolute atomic E-state index is 0.191. The van der Waals surface area contributed by atoms with Gasteiger partial charge in [0.25, 0.3) is 0 Å². The third-order valence-corrected chi connectivity index (χ3v) is 5.73. The summed E-state index contributed by atoms with van der Waals surface area (Å²) in [6.07, 6.45) is 1.04. The van der Waals surface area contributed by atoms with Crippen molar-refractivity contribution in [3.05, 3.63) is 0 Å². The molecule has 0 spiro atoms. The highest BCUT2D eigenvalue weighted by Crippen LogP contribution is 1.77. The molecule has 0 heterocycles. The van der Waals surface area contributed by atoms with E-state index in [-0.39, 0.29) is 50.4 Å². The maximum atomic E-state index is 10.0. The lowest BCUT2D eigenvalue weighted by atomic mass is 10.4. The Labute approximate surface area is 476 Å². The quantitative estimate of drug-likeness (QED) is 0.0153. The van der Waals surface area contributed by atoms with Crippen LogP contribution in [0.25, 0.3) is 0 Å². The molecule has 0 aromatic rings. The van der Waals surface area contributed by atoms with Gasteiger partial charge in [0, 0.05) is 81.3 Å². The fourth-order valence-corrected chi connectivity index (χ4v) is 2.28. The number of methoxy groups -OCH3 is 4. The predicted octanol–water partition coefficient (Wildman–Crippen LogP) is -12.1. The van der Waals surface area contributed by atoms with Crippen molar-refractivity contribution in [2.75, 3.05) is 216 Å². The van der Waals surface area contributed by atoms with Crippen LogP contribution in [0.15, 0.2) is 0 Å². The molecule has 0 aliphatic carbocycles. The van der Waals surface area contributed by atoms with Crippen molar-refractivity contribution in [1.29, 1.82) is 0 Å². The standard InChI is InChI=1S/C5H16N4O2.2C5H14N2O2.C4H13N3O2.C4H11N3O2.2C4H9NO2.C3H8N2O2.2C2H8N2.2CH5N/c6-3-8-5-10-1-2-11-9-4-7;2*1-8-2-3-9-5-7-4-6;5-3-7-4-8-1-2-9-6;5-3-7-9-2-1-4(6)8;2*1-7-3-2-4(5)6;4-3(6)1-2-7-5;2*1-4-2-3;2*1-2/h8-9H,1-7H2;2*7H,2-6H2,1H3;7H,1-6H2;7H,1-3,5H2,(H2,6,8);2*2-3H2,1H3,(H2,5,6);1-2,5H2,(H2,4,6);2*4H,2-3H2,1H3;2*2H2,1H3. The summed E-state index contributed by atoms with van der Waals surface area (Å²) >= 11 is 0. The molecule has 0 bridgehead atoms. The summed E-state index contributed by atoms with van der Waals surface area (Å²) in [5.74, 6) is 7.87. The van der Waals surface area contributed by atoms with Crippen molar-refractivity contribution < 1.29 is 76.4 Å². The van der Waals surface area contributed by atoms with E-state index in [1.165, 1.54) is 28.3 Å². The van der Waals surface area contributed by atoms with Gasteiger partial charge >= 0.3 is 0 Å². The van der Waals surface area contributed by atoms with E-state index < -0.39 is 5.91 Å².